The lowest BCUT2D eigenvalue weighted by atomic mass is 9.98. The number of aromatic nitrogens is 5. The molecule has 0 aliphatic rings. The molecule has 228 valence electrons. The van der Waals surface area contributed by atoms with Gasteiger partial charge in [-0.2, -0.15) is 0 Å². The number of nitrogens with zero attached hydrogens (tertiary/aromatic N) is 5. The molecule has 5 nitrogen and oxygen atoms in total. The molecule has 4 aromatic heterocycles. The van der Waals surface area contributed by atoms with E-state index in [0.29, 0.717) is 5.82 Å². The van der Waals surface area contributed by atoms with E-state index >= 15 is 0 Å². The van der Waals surface area contributed by atoms with Crippen molar-refractivity contribution in [2.45, 2.75) is 0 Å². The molecule has 6 aromatic carbocycles. The Bertz CT molecular complexity index is 2800. The third-order valence-corrected chi connectivity index (χ3v) is 9.41. The van der Waals surface area contributed by atoms with E-state index in [9.17, 15) is 0 Å². The van der Waals surface area contributed by atoms with Crippen molar-refractivity contribution in [3.63, 3.8) is 0 Å². The lowest BCUT2D eigenvalue weighted by molar-refractivity contribution is 1.18. The normalized spacial score (nSPS) is 11.7. The van der Waals surface area contributed by atoms with E-state index in [1.807, 2.05) is 24.4 Å². The van der Waals surface area contributed by atoms with E-state index in [0.717, 1.165) is 77.7 Å². The summed E-state index contributed by atoms with van der Waals surface area (Å²) in [6.07, 6.45) is 2.02. The van der Waals surface area contributed by atoms with Gasteiger partial charge in [0.2, 0.25) is 0 Å². The summed E-state index contributed by atoms with van der Waals surface area (Å²) in [6, 6.07) is 54.7. The van der Waals surface area contributed by atoms with Gasteiger partial charge < -0.3 is 0 Å². The number of hydrogen-bond donors (Lipinski definition) is 0. The van der Waals surface area contributed by atoms with E-state index < -0.39 is 0 Å². The predicted octanol–water partition coefficient (Wildman–Crippen LogP) is 10.8. The van der Waals surface area contributed by atoms with Crippen LogP contribution in [0, 0.1) is 0 Å². The standard InChI is InChI=1S/C44H27N5/c1-3-18-32-28(12-1)14-10-22-34(32)38-27-39(35-23-11-15-29-13-2-4-19-33(29)35)46-43(45-38)31-17-9-16-30(26-31)41-36-20-5-6-21-37(36)42-44(48-41)49-25-8-7-24-40(49)47-42/h1-27H. The highest BCUT2D eigenvalue weighted by atomic mass is 15.1. The molecule has 0 aliphatic carbocycles. The summed E-state index contributed by atoms with van der Waals surface area (Å²) in [5.41, 5.74) is 9.33. The van der Waals surface area contributed by atoms with Crippen molar-refractivity contribution < 1.29 is 0 Å². The largest absolute Gasteiger partial charge is 0.284 e. The Morgan fingerprint density at radius 3 is 1.69 bits per heavy atom. The van der Waals surface area contributed by atoms with Crippen LogP contribution in [-0.4, -0.2) is 24.3 Å². The highest BCUT2D eigenvalue weighted by Gasteiger charge is 2.18. The van der Waals surface area contributed by atoms with E-state index in [1.54, 1.807) is 0 Å². The zero-order valence-corrected chi connectivity index (χ0v) is 26.3. The quantitative estimate of drug-likeness (QED) is 0.195. The van der Waals surface area contributed by atoms with E-state index in [2.05, 4.69) is 144 Å². The van der Waals surface area contributed by atoms with Crippen LogP contribution in [0.2, 0.25) is 0 Å². The van der Waals surface area contributed by atoms with Crippen LogP contribution in [0.5, 0.6) is 0 Å². The van der Waals surface area contributed by atoms with E-state index in [4.69, 9.17) is 19.9 Å². The average molecular weight is 626 g/mol. The topological polar surface area (TPSA) is 56.0 Å². The second-order valence-electron chi connectivity index (χ2n) is 12.3. The maximum atomic E-state index is 5.26. The van der Waals surface area contributed by atoms with Crippen LogP contribution in [-0.2, 0) is 0 Å². The molecule has 0 amide bonds. The van der Waals surface area contributed by atoms with Crippen molar-refractivity contribution in [2.75, 3.05) is 0 Å². The summed E-state index contributed by atoms with van der Waals surface area (Å²) in [5.74, 6) is 0.662. The molecule has 4 heterocycles. The molecular formula is C44H27N5. The molecule has 49 heavy (non-hydrogen) atoms. The molecule has 0 fully saturated rings. The summed E-state index contributed by atoms with van der Waals surface area (Å²) in [6.45, 7) is 0. The maximum Gasteiger partial charge on any atom is 0.165 e. The molecule has 0 N–H and O–H groups in total. The number of fused-ring (bicyclic) bond motifs is 7. The van der Waals surface area contributed by atoms with Crippen LogP contribution >= 0.6 is 0 Å². The fourth-order valence-electron chi connectivity index (χ4n) is 7.11. The lowest BCUT2D eigenvalue weighted by Gasteiger charge is -2.13. The minimum absolute atomic E-state index is 0.662. The Hall–Kier alpha value is -6.72. The third kappa shape index (κ3) is 4.48. The molecule has 0 spiro atoms. The Balaban J connectivity index is 1.21. The molecule has 10 rings (SSSR count). The van der Waals surface area contributed by atoms with Crippen LogP contribution in [0.3, 0.4) is 0 Å². The first-order chi connectivity index (χ1) is 24.3. The van der Waals surface area contributed by atoms with Gasteiger partial charge in [-0.05, 0) is 45.8 Å². The molecule has 0 radical (unpaired) electrons. The molecule has 0 unspecified atom stereocenters. The number of pyridine rings is 2. The highest BCUT2D eigenvalue weighted by molar-refractivity contribution is 6.09. The van der Waals surface area contributed by atoms with Gasteiger partial charge in [0.05, 0.1) is 17.1 Å². The van der Waals surface area contributed by atoms with Crippen molar-refractivity contribution in [1.82, 2.24) is 24.3 Å². The Labute approximate surface area is 281 Å². The average Bonchev–Trinajstić information content (AvgIpc) is 3.56. The zero-order chi connectivity index (χ0) is 32.3. The third-order valence-electron chi connectivity index (χ3n) is 9.41. The fourth-order valence-corrected chi connectivity index (χ4v) is 7.11. The summed E-state index contributed by atoms with van der Waals surface area (Å²) < 4.78 is 2.06. The first kappa shape index (κ1) is 27.4. The first-order valence-electron chi connectivity index (χ1n) is 16.4. The van der Waals surface area contributed by atoms with Crippen molar-refractivity contribution in [3.8, 4) is 45.2 Å². The minimum Gasteiger partial charge on any atom is -0.284 e. The van der Waals surface area contributed by atoms with Crippen LogP contribution in [0.4, 0.5) is 0 Å². The summed E-state index contributed by atoms with van der Waals surface area (Å²) in [4.78, 5) is 20.7. The molecule has 10 aromatic rings. The van der Waals surface area contributed by atoms with Crippen molar-refractivity contribution in [2.24, 2.45) is 0 Å². The van der Waals surface area contributed by atoms with Gasteiger partial charge in [0.25, 0.3) is 0 Å². The Morgan fingerprint density at radius 2 is 0.980 bits per heavy atom. The second kappa shape index (κ2) is 10.9. The maximum absolute atomic E-state index is 5.26. The Kier molecular flexibility index (Phi) is 6.11. The van der Waals surface area contributed by atoms with E-state index in [-0.39, 0.29) is 0 Å². The monoisotopic (exact) mass is 625 g/mol. The van der Waals surface area contributed by atoms with Gasteiger partial charge in [-0.1, -0.05) is 133 Å². The number of benzene rings is 6. The molecule has 0 atom stereocenters. The second-order valence-corrected chi connectivity index (χ2v) is 12.3. The number of rotatable bonds is 4. The van der Waals surface area contributed by atoms with Crippen molar-refractivity contribution >= 4 is 49.1 Å². The predicted molar refractivity (Wildman–Crippen MR) is 200 cm³/mol. The van der Waals surface area contributed by atoms with Gasteiger partial charge in [-0.15, -0.1) is 0 Å². The molecular weight excluding hydrogens is 599 g/mol. The van der Waals surface area contributed by atoms with Crippen LogP contribution in [0.25, 0.3) is 94.3 Å². The Morgan fingerprint density at radius 1 is 0.408 bits per heavy atom. The molecule has 0 bridgehead atoms. The van der Waals surface area contributed by atoms with Crippen LogP contribution in [0.1, 0.15) is 0 Å². The van der Waals surface area contributed by atoms with Gasteiger partial charge in [-0.25, -0.2) is 19.9 Å². The highest BCUT2D eigenvalue weighted by Crippen LogP contribution is 2.37. The van der Waals surface area contributed by atoms with Crippen molar-refractivity contribution in [3.05, 3.63) is 164 Å². The smallest absolute Gasteiger partial charge is 0.165 e. The summed E-state index contributed by atoms with van der Waals surface area (Å²) >= 11 is 0. The molecule has 0 saturated heterocycles. The molecule has 5 heteroatoms. The van der Waals surface area contributed by atoms with Crippen LogP contribution < -0.4 is 0 Å². The van der Waals surface area contributed by atoms with Gasteiger partial charge in [0.15, 0.2) is 11.5 Å². The minimum atomic E-state index is 0.662. The van der Waals surface area contributed by atoms with Gasteiger partial charge in [0.1, 0.15) is 11.2 Å². The van der Waals surface area contributed by atoms with Crippen molar-refractivity contribution in [1.29, 1.82) is 0 Å². The fraction of sp³-hybridized carbons (Fsp3) is 0. The van der Waals surface area contributed by atoms with Gasteiger partial charge in [-0.3, -0.25) is 4.40 Å². The zero-order valence-electron chi connectivity index (χ0n) is 26.3. The first-order valence-corrected chi connectivity index (χ1v) is 16.4. The molecule has 0 aliphatic heterocycles. The van der Waals surface area contributed by atoms with E-state index in [1.165, 1.54) is 10.8 Å². The van der Waals surface area contributed by atoms with Gasteiger partial charge in [0, 0.05) is 39.2 Å². The summed E-state index contributed by atoms with van der Waals surface area (Å²) in [7, 11) is 0. The molecule has 0 saturated carbocycles. The summed E-state index contributed by atoms with van der Waals surface area (Å²) in [5, 5.41) is 6.79. The lowest BCUT2D eigenvalue weighted by Crippen LogP contribution is -1.97. The van der Waals surface area contributed by atoms with Crippen LogP contribution in [0.15, 0.2) is 164 Å². The SMILES string of the molecule is c1cc(-c2nc(-c3cccc4ccccc34)cc(-c3cccc4ccccc34)n2)cc(-c2nc3c(nc4ccccn43)c3ccccc23)c1. The number of imidazole rings is 1. The number of hydrogen-bond acceptors (Lipinski definition) is 4. The van der Waals surface area contributed by atoms with Gasteiger partial charge >= 0.3 is 0 Å².